The van der Waals surface area contributed by atoms with Crippen molar-refractivity contribution < 1.29 is 9.59 Å². The summed E-state index contributed by atoms with van der Waals surface area (Å²) in [4.78, 5) is 26.8. The predicted octanol–water partition coefficient (Wildman–Crippen LogP) is 6.66. The van der Waals surface area contributed by atoms with Crippen LogP contribution in [0.3, 0.4) is 0 Å². The number of amides is 3. The van der Waals surface area contributed by atoms with Gasteiger partial charge in [-0.1, -0.05) is 30.3 Å². The SMILES string of the molecule is Cc1cc(C=C2NC(=O)N(c3ccccc3)C2=O)c(C)n1-c1ccc(C23CC4CC(CC(C4)C2)C3)cc1. The van der Waals surface area contributed by atoms with E-state index < -0.39 is 6.03 Å². The lowest BCUT2D eigenvalue weighted by atomic mass is 9.48. The van der Waals surface area contributed by atoms with E-state index >= 15 is 0 Å². The van der Waals surface area contributed by atoms with Gasteiger partial charge in [-0.05, 0) is 123 Å². The molecule has 1 N–H and O–H groups in total. The summed E-state index contributed by atoms with van der Waals surface area (Å²) in [7, 11) is 0. The Kier molecular flexibility index (Phi) is 5.01. The van der Waals surface area contributed by atoms with Gasteiger partial charge in [0.05, 0.1) is 5.69 Å². The van der Waals surface area contributed by atoms with Crippen LogP contribution in [0.5, 0.6) is 0 Å². The molecule has 5 fully saturated rings. The molecule has 3 amide bonds. The van der Waals surface area contributed by atoms with E-state index in [9.17, 15) is 9.59 Å². The number of carbonyl (C=O) groups excluding carboxylic acids is 2. The maximum absolute atomic E-state index is 13.1. The van der Waals surface area contributed by atoms with Crippen molar-refractivity contribution in [1.29, 1.82) is 0 Å². The number of hydrogen-bond donors (Lipinski definition) is 1. The van der Waals surface area contributed by atoms with Gasteiger partial charge in [0.25, 0.3) is 5.91 Å². The van der Waals surface area contributed by atoms with Crippen molar-refractivity contribution >= 4 is 23.7 Å². The molecule has 5 aliphatic rings. The first-order chi connectivity index (χ1) is 17.9. The van der Waals surface area contributed by atoms with Gasteiger partial charge in [-0.25, -0.2) is 9.69 Å². The number of rotatable bonds is 4. The summed E-state index contributed by atoms with van der Waals surface area (Å²) < 4.78 is 2.24. The van der Waals surface area contributed by atoms with E-state index in [0.29, 0.717) is 16.8 Å². The fourth-order valence-electron chi connectivity index (χ4n) is 8.26. The summed E-state index contributed by atoms with van der Waals surface area (Å²) in [5, 5.41) is 2.76. The van der Waals surface area contributed by atoms with Crippen LogP contribution in [-0.4, -0.2) is 16.5 Å². The van der Waals surface area contributed by atoms with Gasteiger partial charge in [-0.2, -0.15) is 0 Å². The Labute approximate surface area is 218 Å². The minimum absolute atomic E-state index is 0.297. The van der Waals surface area contributed by atoms with Crippen LogP contribution in [0.25, 0.3) is 11.8 Å². The molecule has 2 aromatic carbocycles. The number of carbonyl (C=O) groups is 2. The molecule has 188 valence electrons. The molecule has 37 heavy (non-hydrogen) atoms. The second-order valence-corrected chi connectivity index (χ2v) is 11.9. The first-order valence-corrected chi connectivity index (χ1v) is 13.6. The van der Waals surface area contributed by atoms with Gasteiger partial charge in [0.2, 0.25) is 0 Å². The number of imide groups is 1. The highest BCUT2D eigenvalue weighted by molar-refractivity contribution is 6.28. The number of benzene rings is 2. The zero-order valence-corrected chi connectivity index (χ0v) is 21.5. The lowest BCUT2D eigenvalue weighted by molar-refractivity contribution is -0.113. The van der Waals surface area contributed by atoms with Crippen LogP contribution in [0.15, 0.2) is 66.4 Å². The van der Waals surface area contributed by atoms with Gasteiger partial charge < -0.3 is 9.88 Å². The molecule has 0 unspecified atom stereocenters. The number of anilines is 1. The van der Waals surface area contributed by atoms with Gasteiger partial charge in [0.1, 0.15) is 5.70 Å². The second-order valence-electron chi connectivity index (χ2n) is 11.9. The molecule has 4 saturated carbocycles. The van der Waals surface area contributed by atoms with E-state index in [1.165, 1.54) is 49.0 Å². The van der Waals surface area contributed by atoms with Gasteiger partial charge in [0.15, 0.2) is 0 Å². The fourth-order valence-corrected chi connectivity index (χ4v) is 8.26. The summed E-state index contributed by atoms with van der Waals surface area (Å²) in [5.41, 5.74) is 7.01. The normalized spacial score (nSPS) is 29.4. The molecule has 1 aromatic heterocycles. The molecular formula is C32H33N3O2. The van der Waals surface area contributed by atoms with Crippen molar-refractivity contribution in [3.63, 3.8) is 0 Å². The second kappa shape index (κ2) is 8.20. The molecule has 1 aliphatic heterocycles. The van der Waals surface area contributed by atoms with Crippen LogP contribution < -0.4 is 10.2 Å². The summed E-state index contributed by atoms with van der Waals surface area (Å²) >= 11 is 0. The molecule has 5 heteroatoms. The predicted molar refractivity (Wildman–Crippen MR) is 146 cm³/mol. The molecule has 1 saturated heterocycles. The summed E-state index contributed by atoms with van der Waals surface area (Å²) in [6.07, 6.45) is 10.3. The summed E-state index contributed by atoms with van der Waals surface area (Å²) in [6.45, 7) is 4.16. The maximum atomic E-state index is 13.1. The third-order valence-electron chi connectivity index (χ3n) is 9.44. The van der Waals surface area contributed by atoms with E-state index in [2.05, 4.69) is 54.1 Å². The molecule has 5 nitrogen and oxygen atoms in total. The molecule has 0 radical (unpaired) electrons. The van der Waals surface area contributed by atoms with Crippen molar-refractivity contribution in [3.8, 4) is 5.69 Å². The molecule has 0 atom stereocenters. The smallest absolute Gasteiger partial charge is 0.318 e. The van der Waals surface area contributed by atoms with Crippen molar-refractivity contribution in [2.75, 3.05) is 4.90 Å². The highest BCUT2D eigenvalue weighted by Gasteiger charge is 2.51. The zero-order chi connectivity index (χ0) is 25.3. The Morgan fingerprint density at radius 2 is 1.46 bits per heavy atom. The highest BCUT2D eigenvalue weighted by Crippen LogP contribution is 2.60. The number of hydrogen-bond acceptors (Lipinski definition) is 2. The summed E-state index contributed by atoms with van der Waals surface area (Å²) in [5.74, 6) is 2.48. The van der Waals surface area contributed by atoms with Gasteiger partial charge >= 0.3 is 6.03 Å². The van der Waals surface area contributed by atoms with E-state index in [1.54, 1.807) is 18.2 Å². The number of nitrogens with zero attached hydrogens (tertiary/aromatic N) is 2. The Morgan fingerprint density at radius 1 is 0.838 bits per heavy atom. The fraction of sp³-hybridized carbons (Fsp3) is 0.375. The molecular weight excluding hydrogens is 458 g/mol. The molecule has 3 aromatic rings. The molecule has 2 heterocycles. The Bertz CT molecular complexity index is 1400. The standard InChI is InChI=1S/C32H33N3O2/c1-20-12-25(16-29-30(36)35(31(37)33-29)27-6-4-3-5-7-27)21(2)34(20)28-10-8-26(9-11-28)32-17-22-13-23(18-32)15-24(14-22)19-32/h3-12,16,22-24H,13-15,17-19H2,1-2H3,(H,33,37). The number of urea groups is 1. The lowest BCUT2D eigenvalue weighted by Gasteiger charge is -2.57. The number of aromatic nitrogens is 1. The summed E-state index contributed by atoms with van der Waals surface area (Å²) in [6, 6.07) is 20.0. The van der Waals surface area contributed by atoms with Crippen molar-refractivity contribution in [2.24, 2.45) is 17.8 Å². The van der Waals surface area contributed by atoms with Crippen molar-refractivity contribution in [2.45, 2.75) is 57.8 Å². The third-order valence-corrected chi connectivity index (χ3v) is 9.44. The average Bonchev–Trinajstić information content (AvgIpc) is 3.32. The monoisotopic (exact) mass is 491 g/mol. The van der Waals surface area contributed by atoms with Crippen LogP contribution in [0.1, 0.15) is 61.0 Å². The van der Waals surface area contributed by atoms with Gasteiger partial charge in [-0.15, -0.1) is 0 Å². The molecule has 0 spiro atoms. The zero-order valence-electron chi connectivity index (χ0n) is 21.5. The van der Waals surface area contributed by atoms with E-state index in [-0.39, 0.29) is 5.91 Å². The quantitative estimate of drug-likeness (QED) is 0.328. The lowest BCUT2D eigenvalue weighted by Crippen LogP contribution is -2.48. The topological polar surface area (TPSA) is 54.3 Å². The van der Waals surface area contributed by atoms with Crippen LogP contribution in [-0.2, 0) is 10.2 Å². The molecule has 4 aliphatic carbocycles. The number of nitrogens with one attached hydrogen (secondary N) is 1. The van der Waals surface area contributed by atoms with Gasteiger partial charge in [0, 0.05) is 17.1 Å². The van der Waals surface area contributed by atoms with E-state index in [0.717, 1.165) is 40.4 Å². The van der Waals surface area contributed by atoms with Crippen LogP contribution >= 0.6 is 0 Å². The number of para-hydroxylation sites is 1. The molecule has 8 rings (SSSR count). The van der Waals surface area contributed by atoms with Crippen LogP contribution in [0.2, 0.25) is 0 Å². The van der Waals surface area contributed by atoms with Crippen LogP contribution in [0.4, 0.5) is 10.5 Å². The highest BCUT2D eigenvalue weighted by atomic mass is 16.2. The van der Waals surface area contributed by atoms with Crippen LogP contribution in [0, 0.1) is 31.6 Å². The Hall–Kier alpha value is -3.60. The maximum Gasteiger partial charge on any atom is 0.333 e. The average molecular weight is 492 g/mol. The minimum Gasteiger partial charge on any atom is -0.318 e. The van der Waals surface area contributed by atoms with E-state index in [4.69, 9.17) is 0 Å². The first kappa shape index (κ1) is 22.6. The Morgan fingerprint density at radius 3 is 2.08 bits per heavy atom. The van der Waals surface area contributed by atoms with Gasteiger partial charge in [-0.3, -0.25) is 4.79 Å². The largest absolute Gasteiger partial charge is 0.333 e. The first-order valence-electron chi connectivity index (χ1n) is 13.6. The van der Waals surface area contributed by atoms with Crippen molar-refractivity contribution in [1.82, 2.24) is 9.88 Å². The molecule has 4 bridgehead atoms. The minimum atomic E-state index is -0.420. The van der Waals surface area contributed by atoms with E-state index in [1.807, 2.05) is 18.2 Å². The number of aryl methyl sites for hydroxylation is 1. The van der Waals surface area contributed by atoms with Crippen molar-refractivity contribution in [3.05, 3.63) is 88.9 Å². The third kappa shape index (κ3) is 3.58. The Balaban J connectivity index is 1.17.